The number of ketones is 1. The molecule has 12 heteroatoms. The Morgan fingerprint density at radius 1 is 0.973 bits per heavy atom. The summed E-state index contributed by atoms with van der Waals surface area (Å²) in [4.78, 5) is 17.0. The molecule has 5 heterocycles. The van der Waals surface area contributed by atoms with Gasteiger partial charge < -0.3 is 4.74 Å². The fourth-order valence-electron chi connectivity index (χ4n) is 3.89. The average Bonchev–Trinajstić information content (AvgIpc) is 3.42. The molecule has 0 atom stereocenters. The zero-order valence-electron chi connectivity index (χ0n) is 20.0. The van der Waals surface area contributed by atoms with E-state index in [0.717, 1.165) is 10.4 Å². The summed E-state index contributed by atoms with van der Waals surface area (Å²) in [5.41, 5.74) is 3.78. The summed E-state index contributed by atoms with van der Waals surface area (Å²) < 4.78 is 47.1. The number of aromatic nitrogens is 7. The minimum absolute atomic E-state index is 0.255. The molecule has 5 aromatic rings. The van der Waals surface area contributed by atoms with E-state index in [9.17, 15) is 18.0 Å². The molecule has 0 N–H and O–H groups in total. The summed E-state index contributed by atoms with van der Waals surface area (Å²) in [5.74, 6) is 0.566. The van der Waals surface area contributed by atoms with Gasteiger partial charge in [0.25, 0.3) is 0 Å². The van der Waals surface area contributed by atoms with E-state index in [4.69, 9.17) is 4.74 Å². The number of carbonyl (C=O) groups is 1. The molecule has 0 radical (unpaired) electrons. The molecule has 0 aliphatic carbocycles. The van der Waals surface area contributed by atoms with Gasteiger partial charge in [-0.2, -0.15) is 28.5 Å². The number of aryl methyl sites for hydroxylation is 1. The van der Waals surface area contributed by atoms with Crippen LogP contribution in [0.4, 0.5) is 13.2 Å². The van der Waals surface area contributed by atoms with E-state index in [0.29, 0.717) is 34.0 Å². The van der Waals surface area contributed by atoms with Crippen LogP contribution in [0.25, 0.3) is 28.0 Å². The first-order valence-electron chi connectivity index (χ1n) is 11.2. The number of ether oxygens (including phenoxy) is 1. The highest BCUT2D eigenvalue weighted by molar-refractivity contribution is 6.00. The van der Waals surface area contributed by atoms with Crippen molar-refractivity contribution in [2.75, 3.05) is 0 Å². The Bertz CT molecular complexity index is 1620. The molecule has 0 fully saturated rings. The van der Waals surface area contributed by atoms with Crippen molar-refractivity contribution >= 4 is 11.3 Å². The highest BCUT2D eigenvalue weighted by Crippen LogP contribution is 2.32. The van der Waals surface area contributed by atoms with Gasteiger partial charge in [-0.15, -0.1) is 5.10 Å². The van der Waals surface area contributed by atoms with Crippen molar-refractivity contribution in [1.29, 1.82) is 0 Å². The van der Waals surface area contributed by atoms with E-state index < -0.39 is 12.7 Å². The molecule has 0 amide bonds. The van der Waals surface area contributed by atoms with Gasteiger partial charge >= 0.3 is 6.18 Å². The summed E-state index contributed by atoms with van der Waals surface area (Å²) >= 11 is 0. The first-order chi connectivity index (χ1) is 17.6. The Morgan fingerprint density at radius 2 is 1.76 bits per heavy atom. The number of fused-ring (bicyclic) bond motifs is 1. The maximum Gasteiger partial charge on any atom is 0.408 e. The number of Topliss-reactive ketones (excluding diaryl/α,β-unsaturated/α-hetero) is 1. The molecule has 37 heavy (non-hydrogen) atoms. The SMILES string of the molecule is CC(=O)c1ccc(-c2cnn3cc(Oc4ccc(C)nn4)ccc23)nc1-c1cnn(CC(F)(F)F)c1C. The predicted octanol–water partition coefficient (Wildman–Crippen LogP) is 5.22. The van der Waals surface area contributed by atoms with Gasteiger partial charge in [-0.1, -0.05) is 0 Å². The van der Waals surface area contributed by atoms with E-state index in [1.54, 1.807) is 53.3 Å². The predicted molar refractivity (Wildman–Crippen MR) is 127 cm³/mol. The summed E-state index contributed by atoms with van der Waals surface area (Å²) in [6.07, 6.45) is 0.159. The molecule has 5 aromatic heterocycles. The van der Waals surface area contributed by atoms with E-state index in [-0.39, 0.29) is 22.7 Å². The van der Waals surface area contributed by atoms with Crippen LogP contribution in [0, 0.1) is 13.8 Å². The average molecular weight is 507 g/mol. The lowest BCUT2D eigenvalue weighted by atomic mass is 10.0. The van der Waals surface area contributed by atoms with Gasteiger partial charge in [0.2, 0.25) is 5.88 Å². The number of alkyl halides is 3. The fraction of sp³-hybridized carbons (Fsp3) is 0.200. The van der Waals surface area contributed by atoms with Crippen LogP contribution in [0.3, 0.4) is 0 Å². The van der Waals surface area contributed by atoms with Gasteiger partial charge in [-0.3, -0.25) is 9.48 Å². The van der Waals surface area contributed by atoms with E-state index in [2.05, 4.69) is 25.4 Å². The van der Waals surface area contributed by atoms with Crippen LogP contribution in [0.1, 0.15) is 28.7 Å². The van der Waals surface area contributed by atoms with E-state index in [1.807, 2.05) is 6.92 Å². The molecule has 0 saturated carbocycles. The van der Waals surface area contributed by atoms with Gasteiger partial charge in [0.05, 0.1) is 41.2 Å². The van der Waals surface area contributed by atoms with Crippen LogP contribution in [-0.2, 0) is 6.54 Å². The Kier molecular flexibility index (Phi) is 5.94. The topological polar surface area (TPSA) is 100 Å². The molecule has 0 unspecified atom stereocenters. The summed E-state index contributed by atoms with van der Waals surface area (Å²) in [6.45, 7) is 3.49. The number of rotatable bonds is 6. The number of hydrogen-bond donors (Lipinski definition) is 0. The number of halogens is 3. The normalized spacial score (nSPS) is 11.7. The van der Waals surface area contributed by atoms with Gasteiger partial charge in [0.1, 0.15) is 12.3 Å². The second kappa shape index (κ2) is 9.12. The number of carbonyl (C=O) groups excluding carboxylic acids is 1. The molecule has 9 nitrogen and oxygen atoms in total. The Morgan fingerprint density at radius 3 is 2.46 bits per heavy atom. The second-order valence-electron chi connectivity index (χ2n) is 8.43. The molecular formula is C25H20F3N7O2. The van der Waals surface area contributed by atoms with Crippen LogP contribution in [0.15, 0.2) is 55.0 Å². The summed E-state index contributed by atoms with van der Waals surface area (Å²) in [7, 11) is 0. The van der Waals surface area contributed by atoms with Crippen LogP contribution < -0.4 is 4.74 Å². The maximum absolute atomic E-state index is 13.0. The Labute approximate surface area is 208 Å². The molecule has 0 aliphatic heterocycles. The molecule has 0 bridgehead atoms. The summed E-state index contributed by atoms with van der Waals surface area (Å²) in [6, 6.07) is 10.3. The molecule has 0 aromatic carbocycles. The quantitative estimate of drug-likeness (QED) is 0.290. The van der Waals surface area contributed by atoms with Gasteiger partial charge in [0, 0.05) is 28.5 Å². The van der Waals surface area contributed by atoms with Crippen LogP contribution >= 0.6 is 0 Å². The van der Waals surface area contributed by atoms with Crippen LogP contribution in [0.5, 0.6) is 11.6 Å². The number of nitrogens with zero attached hydrogens (tertiary/aromatic N) is 7. The lowest BCUT2D eigenvalue weighted by Crippen LogP contribution is -2.19. The minimum atomic E-state index is -4.43. The maximum atomic E-state index is 13.0. The van der Waals surface area contributed by atoms with Gasteiger partial charge in [-0.25, -0.2) is 9.50 Å². The molecule has 0 aliphatic rings. The standard InChI is InChI=1S/C25H20F3N7O2/c1-14-4-9-23(33-32-14)37-17-5-8-22-20(11-29-34(22)12-17)21-7-6-18(16(3)36)24(31-21)19-10-30-35(15(19)2)13-25(26,27)28/h4-12H,13H2,1-3H3. The first kappa shape index (κ1) is 24.1. The molecular weight excluding hydrogens is 487 g/mol. The third-order valence-corrected chi connectivity index (χ3v) is 5.72. The highest BCUT2D eigenvalue weighted by atomic mass is 19.4. The smallest absolute Gasteiger partial charge is 0.408 e. The Hall–Kier alpha value is -4.61. The van der Waals surface area contributed by atoms with Gasteiger partial charge in [0.15, 0.2) is 5.78 Å². The lowest BCUT2D eigenvalue weighted by Gasteiger charge is -2.11. The number of hydrogen-bond acceptors (Lipinski definition) is 7. The fourth-order valence-corrected chi connectivity index (χ4v) is 3.89. The van der Waals surface area contributed by atoms with Crippen molar-refractivity contribution in [3.8, 4) is 34.1 Å². The van der Waals surface area contributed by atoms with E-state index >= 15 is 0 Å². The van der Waals surface area contributed by atoms with Crippen molar-refractivity contribution in [2.45, 2.75) is 33.5 Å². The zero-order valence-corrected chi connectivity index (χ0v) is 20.0. The van der Waals surface area contributed by atoms with Crippen LogP contribution in [-0.4, -0.2) is 46.5 Å². The highest BCUT2D eigenvalue weighted by Gasteiger charge is 2.30. The van der Waals surface area contributed by atoms with Crippen molar-refractivity contribution in [1.82, 2.24) is 34.6 Å². The molecule has 5 rings (SSSR count). The monoisotopic (exact) mass is 507 g/mol. The lowest BCUT2D eigenvalue weighted by molar-refractivity contribution is -0.142. The van der Waals surface area contributed by atoms with Crippen molar-refractivity contribution in [2.24, 2.45) is 0 Å². The van der Waals surface area contributed by atoms with Crippen molar-refractivity contribution in [3.05, 3.63) is 71.9 Å². The largest absolute Gasteiger partial charge is 0.436 e. The summed E-state index contributed by atoms with van der Waals surface area (Å²) in [5, 5.41) is 16.2. The molecule has 0 saturated heterocycles. The molecule has 188 valence electrons. The Balaban J connectivity index is 1.53. The minimum Gasteiger partial charge on any atom is -0.436 e. The second-order valence-corrected chi connectivity index (χ2v) is 8.43. The molecule has 0 spiro atoms. The third kappa shape index (κ3) is 4.90. The number of pyridine rings is 2. The van der Waals surface area contributed by atoms with Crippen molar-refractivity contribution in [3.63, 3.8) is 0 Å². The first-order valence-corrected chi connectivity index (χ1v) is 11.2. The van der Waals surface area contributed by atoms with Gasteiger partial charge in [-0.05, 0) is 51.1 Å². The van der Waals surface area contributed by atoms with Crippen LogP contribution in [0.2, 0.25) is 0 Å². The third-order valence-electron chi connectivity index (χ3n) is 5.72. The zero-order chi connectivity index (χ0) is 26.3. The van der Waals surface area contributed by atoms with E-state index in [1.165, 1.54) is 20.0 Å². The van der Waals surface area contributed by atoms with Crippen molar-refractivity contribution < 1.29 is 22.7 Å².